The van der Waals surface area contributed by atoms with Crippen LogP contribution in [0.1, 0.15) is 31.2 Å². The molecule has 3 rings (SSSR count). The van der Waals surface area contributed by atoms with Crippen LogP contribution in [-0.4, -0.2) is 36.3 Å². The first-order chi connectivity index (χ1) is 11.1. The van der Waals surface area contributed by atoms with Gasteiger partial charge in [0.1, 0.15) is 0 Å². The normalized spacial score (nSPS) is 21.1. The van der Waals surface area contributed by atoms with Crippen molar-refractivity contribution in [3.8, 4) is 0 Å². The molecule has 2 fully saturated rings. The summed E-state index contributed by atoms with van der Waals surface area (Å²) in [4.78, 5) is 26.4. The second kappa shape index (κ2) is 7.35. The van der Waals surface area contributed by atoms with Gasteiger partial charge in [0.05, 0.1) is 5.92 Å². The van der Waals surface area contributed by atoms with Crippen molar-refractivity contribution in [2.75, 3.05) is 19.6 Å². The average Bonchev–Trinajstić information content (AvgIpc) is 3.39. The number of hydrogen-bond acceptors (Lipinski definition) is 2. The maximum Gasteiger partial charge on any atom is 0.225 e. The van der Waals surface area contributed by atoms with E-state index in [1.807, 2.05) is 29.2 Å². The molecule has 1 aliphatic heterocycles. The first kappa shape index (κ1) is 16.3. The predicted molar refractivity (Wildman–Crippen MR) is 90.2 cm³/mol. The molecule has 0 spiro atoms. The van der Waals surface area contributed by atoms with Crippen LogP contribution in [0.15, 0.2) is 24.3 Å². The number of likely N-dealkylation sites (tertiary alicyclic amines) is 1. The third-order valence-electron chi connectivity index (χ3n) is 4.63. The van der Waals surface area contributed by atoms with Crippen LogP contribution in [0.2, 0.25) is 5.02 Å². The zero-order valence-corrected chi connectivity index (χ0v) is 14.0. The third kappa shape index (κ3) is 4.47. The Morgan fingerprint density at radius 3 is 2.78 bits per heavy atom. The van der Waals surface area contributed by atoms with Gasteiger partial charge in [0.2, 0.25) is 11.8 Å². The van der Waals surface area contributed by atoms with Gasteiger partial charge in [-0.2, -0.15) is 0 Å². The Morgan fingerprint density at radius 1 is 1.22 bits per heavy atom. The van der Waals surface area contributed by atoms with Crippen LogP contribution in [0.25, 0.3) is 0 Å². The summed E-state index contributed by atoms with van der Waals surface area (Å²) >= 11 is 5.96. The first-order valence-electron chi connectivity index (χ1n) is 8.44. The van der Waals surface area contributed by atoms with Crippen LogP contribution < -0.4 is 5.32 Å². The molecular weight excluding hydrogens is 312 g/mol. The van der Waals surface area contributed by atoms with Crippen molar-refractivity contribution in [3.63, 3.8) is 0 Å². The van der Waals surface area contributed by atoms with Crippen LogP contribution >= 0.6 is 11.6 Å². The minimum absolute atomic E-state index is 0.0641. The average molecular weight is 335 g/mol. The van der Waals surface area contributed by atoms with Crippen LogP contribution in [0.5, 0.6) is 0 Å². The van der Waals surface area contributed by atoms with E-state index in [1.54, 1.807) is 0 Å². The topological polar surface area (TPSA) is 49.4 Å². The molecule has 1 N–H and O–H groups in total. The van der Waals surface area contributed by atoms with E-state index in [1.165, 1.54) is 0 Å². The van der Waals surface area contributed by atoms with E-state index >= 15 is 0 Å². The van der Waals surface area contributed by atoms with Gasteiger partial charge in [-0.25, -0.2) is 0 Å². The number of piperidine rings is 1. The first-order valence-corrected chi connectivity index (χ1v) is 8.82. The second-order valence-electron chi connectivity index (χ2n) is 6.57. The van der Waals surface area contributed by atoms with E-state index in [9.17, 15) is 9.59 Å². The van der Waals surface area contributed by atoms with Gasteiger partial charge in [-0.15, -0.1) is 0 Å². The van der Waals surface area contributed by atoms with Crippen molar-refractivity contribution in [3.05, 3.63) is 34.9 Å². The molecule has 1 aromatic carbocycles. The summed E-state index contributed by atoms with van der Waals surface area (Å²) in [5.41, 5.74) is 1.12. The van der Waals surface area contributed by atoms with Gasteiger partial charge >= 0.3 is 0 Å². The number of benzene rings is 1. The zero-order chi connectivity index (χ0) is 16.2. The van der Waals surface area contributed by atoms with Gasteiger partial charge in [0.15, 0.2) is 0 Å². The Labute approximate surface area is 142 Å². The minimum Gasteiger partial charge on any atom is -0.355 e. The summed E-state index contributed by atoms with van der Waals surface area (Å²) in [7, 11) is 0. The van der Waals surface area contributed by atoms with E-state index in [2.05, 4.69) is 5.32 Å². The highest BCUT2D eigenvalue weighted by atomic mass is 35.5. The fourth-order valence-electron chi connectivity index (χ4n) is 3.15. The third-order valence-corrected chi connectivity index (χ3v) is 4.87. The van der Waals surface area contributed by atoms with Gasteiger partial charge < -0.3 is 10.2 Å². The molecule has 0 bridgehead atoms. The standard InChI is InChI=1S/C18H23ClN2O2/c19-16-5-1-3-13(11-16)8-9-20-17(22)15-4-2-10-21(12-15)18(23)14-6-7-14/h1,3,5,11,14-15H,2,4,6-10,12H2,(H,20,22)/t15-/m0/s1. The van der Waals surface area contributed by atoms with Crippen molar-refractivity contribution in [1.29, 1.82) is 0 Å². The van der Waals surface area contributed by atoms with Crippen LogP contribution in [0, 0.1) is 11.8 Å². The van der Waals surface area contributed by atoms with Crippen molar-refractivity contribution >= 4 is 23.4 Å². The molecule has 1 heterocycles. The molecule has 5 heteroatoms. The van der Waals surface area contributed by atoms with Gasteiger partial charge in [-0.1, -0.05) is 23.7 Å². The summed E-state index contributed by atoms with van der Waals surface area (Å²) in [6.07, 6.45) is 4.60. The lowest BCUT2D eigenvalue weighted by Gasteiger charge is -2.32. The molecule has 1 atom stereocenters. The SMILES string of the molecule is O=C(NCCc1cccc(Cl)c1)[C@H]1CCCN(C(=O)C2CC2)C1. The van der Waals surface area contributed by atoms with Gasteiger partial charge in [0.25, 0.3) is 0 Å². The van der Waals surface area contributed by atoms with Gasteiger partial charge in [0, 0.05) is 30.6 Å². The molecule has 0 aromatic heterocycles. The Bertz CT molecular complexity index is 586. The summed E-state index contributed by atoms with van der Waals surface area (Å²) in [6, 6.07) is 7.69. The largest absolute Gasteiger partial charge is 0.355 e. The molecule has 0 unspecified atom stereocenters. The van der Waals surface area contributed by atoms with Crippen molar-refractivity contribution in [2.45, 2.75) is 32.1 Å². The van der Waals surface area contributed by atoms with Gasteiger partial charge in [-0.3, -0.25) is 9.59 Å². The molecule has 0 radical (unpaired) electrons. The summed E-state index contributed by atoms with van der Waals surface area (Å²) < 4.78 is 0. The molecular formula is C18H23ClN2O2. The molecule has 1 aliphatic carbocycles. The van der Waals surface area contributed by atoms with E-state index in [0.717, 1.165) is 49.2 Å². The summed E-state index contributed by atoms with van der Waals surface area (Å²) in [6.45, 7) is 1.99. The number of hydrogen-bond donors (Lipinski definition) is 1. The lowest BCUT2D eigenvalue weighted by Crippen LogP contribution is -2.46. The van der Waals surface area contributed by atoms with Crippen LogP contribution in [0.4, 0.5) is 0 Å². The maximum atomic E-state index is 12.3. The lowest BCUT2D eigenvalue weighted by atomic mass is 9.96. The highest BCUT2D eigenvalue weighted by Gasteiger charge is 2.36. The Hall–Kier alpha value is -1.55. The second-order valence-corrected chi connectivity index (χ2v) is 7.01. The Kier molecular flexibility index (Phi) is 5.21. The molecule has 23 heavy (non-hydrogen) atoms. The van der Waals surface area contributed by atoms with Crippen molar-refractivity contribution in [2.24, 2.45) is 11.8 Å². The molecule has 1 saturated carbocycles. The zero-order valence-electron chi connectivity index (χ0n) is 13.3. The van der Waals surface area contributed by atoms with E-state index in [4.69, 9.17) is 11.6 Å². The smallest absolute Gasteiger partial charge is 0.225 e. The van der Waals surface area contributed by atoms with E-state index in [-0.39, 0.29) is 23.7 Å². The minimum atomic E-state index is -0.0641. The van der Waals surface area contributed by atoms with E-state index in [0.29, 0.717) is 13.1 Å². The lowest BCUT2D eigenvalue weighted by molar-refractivity contribution is -0.136. The van der Waals surface area contributed by atoms with Crippen LogP contribution in [-0.2, 0) is 16.0 Å². The summed E-state index contributed by atoms with van der Waals surface area (Å²) in [5.74, 6) is 0.493. The molecule has 124 valence electrons. The van der Waals surface area contributed by atoms with Crippen molar-refractivity contribution < 1.29 is 9.59 Å². The fourth-order valence-corrected chi connectivity index (χ4v) is 3.36. The monoisotopic (exact) mass is 334 g/mol. The quantitative estimate of drug-likeness (QED) is 0.900. The number of amides is 2. The molecule has 1 aromatic rings. The number of nitrogens with zero attached hydrogens (tertiary/aromatic N) is 1. The molecule has 2 amide bonds. The highest BCUT2D eigenvalue weighted by molar-refractivity contribution is 6.30. The predicted octanol–water partition coefficient (Wildman–Crippen LogP) is 2.65. The molecule has 4 nitrogen and oxygen atoms in total. The fraction of sp³-hybridized carbons (Fsp3) is 0.556. The highest BCUT2D eigenvalue weighted by Crippen LogP contribution is 2.32. The van der Waals surface area contributed by atoms with E-state index < -0.39 is 0 Å². The number of nitrogens with one attached hydrogen (secondary N) is 1. The number of rotatable bonds is 5. The summed E-state index contributed by atoms with van der Waals surface area (Å²) in [5, 5.41) is 3.72. The molecule has 2 aliphatic rings. The Morgan fingerprint density at radius 2 is 2.04 bits per heavy atom. The number of carbonyl (C=O) groups excluding carboxylic acids is 2. The Balaban J connectivity index is 1.45. The van der Waals surface area contributed by atoms with Crippen LogP contribution in [0.3, 0.4) is 0 Å². The maximum absolute atomic E-state index is 12.3. The number of halogens is 1. The molecule has 1 saturated heterocycles. The number of carbonyl (C=O) groups is 2. The van der Waals surface area contributed by atoms with Gasteiger partial charge in [-0.05, 0) is 49.8 Å². The van der Waals surface area contributed by atoms with Crippen molar-refractivity contribution in [1.82, 2.24) is 10.2 Å².